The Balaban J connectivity index is 1.55. The number of amides is 1. The Morgan fingerprint density at radius 3 is 2.72 bits per heavy atom. The fourth-order valence-corrected chi connectivity index (χ4v) is 4.42. The highest BCUT2D eigenvalue weighted by molar-refractivity contribution is 7.13. The number of para-hydroxylation sites is 1. The lowest BCUT2D eigenvalue weighted by Gasteiger charge is -2.24. The van der Waals surface area contributed by atoms with Crippen molar-refractivity contribution in [3.8, 4) is 0 Å². The van der Waals surface area contributed by atoms with Gasteiger partial charge in [0, 0.05) is 18.7 Å². The van der Waals surface area contributed by atoms with Crippen molar-refractivity contribution < 1.29 is 9.90 Å². The zero-order valence-electron chi connectivity index (χ0n) is 13.6. The molecule has 1 N–H and O–H groups in total. The van der Waals surface area contributed by atoms with E-state index >= 15 is 0 Å². The van der Waals surface area contributed by atoms with E-state index in [2.05, 4.69) is 0 Å². The second-order valence-corrected chi connectivity index (χ2v) is 7.24. The van der Waals surface area contributed by atoms with Crippen LogP contribution in [-0.4, -0.2) is 27.6 Å². The number of aromatic nitrogens is 1. The quantitative estimate of drug-likeness (QED) is 0.783. The van der Waals surface area contributed by atoms with Crippen molar-refractivity contribution in [1.82, 2.24) is 3.96 Å². The lowest BCUT2D eigenvalue weighted by molar-refractivity contribution is -0.119. The first-order chi connectivity index (χ1) is 12.2. The van der Waals surface area contributed by atoms with E-state index in [1.807, 2.05) is 48.5 Å². The third-order valence-corrected chi connectivity index (χ3v) is 5.75. The minimum atomic E-state index is -0.218. The molecule has 1 unspecified atom stereocenters. The molecule has 0 saturated carbocycles. The van der Waals surface area contributed by atoms with E-state index in [-0.39, 0.29) is 30.5 Å². The van der Waals surface area contributed by atoms with E-state index in [1.165, 1.54) is 11.5 Å². The maximum Gasteiger partial charge on any atom is 0.268 e. The largest absolute Gasteiger partial charge is 0.394 e. The van der Waals surface area contributed by atoms with Gasteiger partial charge in [-0.3, -0.25) is 13.5 Å². The molecule has 1 aromatic heterocycles. The van der Waals surface area contributed by atoms with Gasteiger partial charge < -0.3 is 10.0 Å². The normalized spacial score (nSPS) is 16.4. The van der Waals surface area contributed by atoms with E-state index in [0.717, 1.165) is 16.0 Å². The Hall–Kier alpha value is -2.44. The Morgan fingerprint density at radius 2 is 1.92 bits per heavy atom. The van der Waals surface area contributed by atoms with Gasteiger partial charge in [0.2, 0.25) is 5.91 Å². The van der Waals surface area contributed by atoms with E-state index in [0.29, 0.717) is 18.4 Å². The highest BCUT2D eigenvalue weighted by Crippen LogP contribution is 2.32. The molecule has 4 rings (SSSR count). The van der Waals surface area contributed by atoms with Gasteiger partial charge in [0.15, 0.2) is 0 Å². The maximum absolute atomic E-state index is 12.8. The molecule has 25 heavy (non-hydrogen) atoms. The van der Waals surface area contributed by atoms with Gasteiger partial charge in [-0.1, -0.05) is 41.9 Å². The summed E-state index contributed by atoms with van der Waals surface area (Å²) in [4.78, 5) is 26.9. The zero-order valence-corrected chi connectivity index (χ0v) is 14.4. The van der Waals surface area contributed by atoms with Crippen molar-refractivity contribution >= 4 is 33.2 Å². The molecule has 1 amide bonds. The Bertz CT molecular complexity index is 991. The standard InChI is InChI=1S/C19H18N2O3S/c22-12-14-11-13-5-1-3-7-16(13)21(14)18(23)9-10-20-19(24)15-6-2-4-8-17(15)25-20/h1-8,14,22H,9-12H2. The van der Waals surface area contributed by atoms with Gasteiger partial charge in [-0.2, -0.15) is 0 Å². The molecule has 1 atom stereocenters. The van der Waals surface area contributed by atoms with Crippen molar-refractivity contribution in [2.24, 2.45) is 0 Å². The van der Waals surface area contributed by atoms with Crippen LogP contribution < -0.4 is 10.5 Å². The van der Waals surface area contributed by atoms with Crippen molar-refractivity contribution in [2.75, 3.05) is 11.5 Å². The fourth-order valence-electron chi connectivity index (χ4n) is 3.43. The number of hydrogen-bond acceptors (Lipinski definition) is 4. The fraction of sp³-hybridized carbons (Fsp3) is 0.263. The van der Waals surface area contributed by atoms with Crippen LogP contribution in [-0.2, 0) is 17.8 Å². The molecule has 0 radical (unpaired) electrons. The number of fused-ring (bicyclic) bond motifs is 2. The van der Waals surface area contributed by atoms with E-state index < -0.39 is 0 Å². The molecule has 0 bridgehead atoms. The number of aliphatic hydroxyl groups excluding tert-OH is 1. The number of hydrogen-bond donors (Lipinski definition) is 1. The number of carbonyl (C=O) groups excluding carboxylic acids is 1. The minimum Gasteiger partial charge on any atom is -0.394 e. The van der Waals surface area contributed by atoms with Crippen LogP contribution in [0.2, 0.25) is 0 Å². The van der Waals surface area contributed by atoms with Crippen LogP contribution in [0.4, 0.5) is 5.69 Å². The molecule has 6 heteroatoms. The number of aliphatic hydroxyl groups is 1. The smallest absolute Gasteiger partial charge is 0.268 e. The molecule has 1 aliphatic rings. The van der Waals surface area contributed by atoms with Gasteiger partial charge in [-0.15, -0.1) is 0 Å². The summed E-state index contributed by atoms with van der Waals surface area (Å²) in [6, 6.07) is 15.0. The highest BCUT2D eigenvalue weighted by atomic mass is 32.1. The zero-order chi connectivity index (χ0) is 17.4. The first-order valence-electron chi connectivity index (χ1n) is 8.28. The Labute approximate surface area is 148 Å². The monoisotopic (exact) mass is 354 g/mol. The second-order valence-electron chi connectivity index (χ2n) is 6.18. The molecule has 5 nitrogen and oxygen atoms in total. The summed E-state index contributed by atoms with van der Waals surface area (Å²) in [5.74, 6) is -0.0617. The first-order valence-corrected chi connectivity index (χ1v) is 9.06. The summed E-state index contributed by atoms with van der Waals surface area (Å²) in [6.45, 7) is 0.289. The summed E-state index contributed by atoms with van der Waals surface area (Å²) >= 11 is 1.38. The molecule has 2 heterocycles. The number of aryl methyl sites for hydroxylation is 1. The van der Waals surface area contributed by atoms with Crippen LogP contribution in [0.25, 0.3) is 10.1 Å². The topological polar surface area (TPSA) is 62.5 Å². The molecular weight excluding hydrogens is 336 g/mol. The van der Waals surface area contributed by atoms with E-state index in [4.69, 9.17) is 0 Å². The maximum atomic E-state index is 12.8. The number of benzene rings is 2. The predicted octanol–water partition coefficient (Wildman–Crippen LogP) is 2.40. The van der Waals surface area contributed by atoms with Gasteiger partial charge in [-0.05, 0) is 30.2 Å². The molecule has 0 aliphatic carbocycles. The van der Waals surface area contributed by atoms with Crippen LogP contribution in [0.1, 0.15) is 12.0 Å². The van der Waals surface area contributed by atoms with Crippen molar-refractivity contribution in [3.05, 3.63) is 64.4 Å². The molecule has 1 aliphatic heterocycles. The molecule has 128 valence electrons. The Kier molecular flexibility index (Phi) is 4.15. The van der Waals surface area contributed by atoms with Crippen LogP contribution in [0.15, 0.2) is 53.3 Å². The summed E-state index contributed by atoms with van der Waals surface area (Å²) in [6.07, 6.45) is 0.902. The van der Waals surface area contributed by atoms with Crippen molar-refractivity contribution in [1.29, 1.82) is 0 Å². The van der Waals surface area contributed by atoms with Crippen molar-refractivity contribution in [3.63, 3.8) is 0 Å². The van der Waals surface area contributed by atoms with Crippen LogP contribution in [0, 0.1) is 0 Å². The number of anilines is 1. The third-order valence-electron chi connectivity index (χ3n) is 4.63. The first kappa shape index (κ1) is 16.1. The molecular formula is C19H18N2O3S. The van der Waals surface area contributed by atoms with Gasteiger partial charge >= 0.3 is 0 Å². The molecule has 3 aromatic rings. The van der Waals surface area contributed by atoms with Gasteiger partial charge in [0.25, 0.3) is 5.56 Å². The lowest BCUT2D eigenvalue weighted by Crippen LogP contribution is -2.40. The number of nitrogens with zero attached hydrogens (tertiary/aromatic N) is 2. The summed E-state index contributed by atoms with van der Waals surface area (Å²) < 4.78 is 2.57. The molecule has 0 saturated heterocycles. The SMILES string of the molecule is O=C(CCn1sc2ccccc2c1=O)N1c2ccccc2CC1CO. The van der Waals surface area contributed by atoms with Gasteiger partial charge in [-0.25, -0.2) is 0 Å². The number of rotatable bonds is 4. The van der Waals surface area contributed by atoms with Gasteiger partial charge in [0.05, 0.1) is 22.7 Å². The molecule has 0 spiro atoms. The van der Waals surface area contributed by atoms with Crippen molar-refractivity contribution in [2.45, 2.75) is 25.4 Å². The minimum absolute atomic E-state index is 0.0473. The molecule has 0 fully saturated rings. The third kappa shape index (κ3) is 2.77. The summed E-state index contributed by atoms with van der Waals surface area (Å²) in [7, 11) is 0. The average molecular weight is 354 g/mol. The second kappa shape index (κ2) is 6.46. The summed E-state index contributed by atoms with van der Waals surface area (Å²) in [5, 5.41) is 10.3. The lowest BCUT2D eigenvalue weighted by atomic mass is 10.1. The van der Waals surface area contributed by atoms with Crippen LogP contribution in [0.5, 0.6) is 0 Å². The van der Waals surface area contributed by atoms with Gasteiger partial charge in [0.1, 0.15) is 0 Å². The Morgan fingerprint density at radius 1 is 1.16 bits per heavy atom. The van der Waals surface area contributed by atoms with E-state index in [1.54, 1.807) is 8.86 Å². The van der Waals surface area contributed by atoms with Crippen LogP contribution in [0.3, 0.4) is 0 Å². The van der Waals surface area contributed by atoms with Crippen LogP contribution >= 0.6 is 11.5 Å². The highest BCUT2D eigenvalue weighted by Gasteiger charge is 2.32. The van der Waals surface area contributed by atoms with E-state index in [9.17, 15) is 14.7 Å². The number of carbonyl (C=O) groups is 1. The average Bonchev–Trinajstić information content (AvgIpc) is 3.18. The summed E-state index contributed by atoms with van der Waals surface area (Å²) in [5.41, 5.74) is 1.90. The predicted molar refractivity (Wildman–Crippen MR) is 99.2 cm³/mol. The molecule has 2 aromatic carbocycles.